The number of nitrogens with one attached hydrogen (secondary N) is 1. The van der Waals surface area contributed by atoms with Crippen LogP contribution in [0.25, 0.3) is 0 Å². The van der Waals surface area contributed by atoms with Crippen LogP contribution in [-0.2, 0) is 11.3 Å². The van der Waals surface area contributed by atoms with Crippen LogP contribution in [0.1, 0.15) is 24.8 Å². The Bertz CT molecular complexity index is 551. The van der Waals surface area contributed by atoms with Gasteiger partial charge in [0.05, 0.1) is 24.8 Å². The first-order valence-electron chi connectivity index (χ1n) is 7.81. The number of carbonyl (C=O) groups is 1. The lowest BCUT2D eigenvalue weighted by molar-refractivity contribution is -0.149. The van der Waals surface area contributed by atoms with E-state index in [1.165, 1.54) is 0 Å². The molecule has 0 radical (unpaired) electrons. The molecule has 2 atom stereocenters. The third-order valence-electron chi connectivity index (χ3n) is 4.81. The molecule has 2 aliphatic rings. The van der Waals surface area contributed by atoms with Gasteiger partial charge in [-0.25, -0.2) is 0 Å². The van der Waals surface area contributed by atoms with Crippen molar-refractivity contribution in [2.45, 2.75) is 31.9 Å². The number of hydrogen-bond donors (Lipinski definition) is 2. The predicted molar refractivity (Wildman–Crippen MR) is 81.4 cm³/mol. The van der Waals surface area contributed by atoms with Gasteiger partial charge in [-0.15, -0.1) is 0 Å². The SMILES string of the molecule is COc1cncc(CN2CC[C@@H](O)[C@@]3(CCCNC3=O)C2)c1. The molecule has 1 amide bonds. The summed E-state index contributed by atoms with van der Waals surface area (Å²) in [5.41, 5.74) is 0.408. The van der Waals surface area contributed by atoms with Crippen LogP contribution in [0.5, 0.6) is 5.75 Å². The van der Waals surface area contributed by atoms with Gasteiger partial charge < -0.3 is 15.2 Å². The van der Waals surface area contributed by atoms with Crippen molar-refractivity contribution in [2.75, 3.05) is 26.7 Å². The molecule has 1 aromatic heterocycles. The highest BCUT2D eigenvalue weighted by atomic mass is 16.5. The Morgan fingerprint density at radius 3 is 3.18 bits per heavy atom. The lowest BCUT2D eigenvalue weighted by Gasteiger charge is -2.47. The molecule has 22 heavy (non-hydrogen) atoms. The molecule has 120 valence electrons. The zero-order valence-electron chi connectivity index (χ0n) is 12.9. The molecule has 2 aliphatic heterocycles. The Hall–Kier alpha value is -1.66. The number of hydrogen-bond acceptors (Lipinski definition) is 5. The van der Waals surface area contributed by atoms with Gasteiger partial charge in [-0.3, -0.25) is 14.7 Å². The average molecular weight is 305 g/mol. The van der Waals surface area contributed by atoms with Gasteiger partial charge in [0.2, 0.25) is 5.91 Å². The van der Waals surface area contributed by atoms with Crippen LogP contribution >= 0.6 is 0 Å². The molecule has 2 saturated heterocycles. The largest absolute Gasteiger partial charge is 0.495 e. The van der Waals surface area contributed by atoms with Crippen LogP contribution < -0.4 is 10.1 Å². The van der Waals surface area contributed by atoms with Crippen molar-refractivity contribution < 1.29 is 14.6 Å². The minimum Gasteiger partial charge on any atom is -0.495 e. The van der Waals surface area contributed by atoms with E-state index in [-0.39, 0.29) is 5.91 Å². The Kier molecular flexibility index (Phi) is 4.31. The number of nitrogens with zero attached hydrogens (tertiary/aromatic N) is 2. The molecule has 0 bridgehead atoms. The Labute approximate surface area is 130 Å². The average Bonchev–Trinajstić information content (AvgIpc) is 2.54. The van der Waals surface area contributed by atoms with Crippen LogP contribution in [0.2, 0.25) is 0 Å². The van der Waals surface area contributed by atoms with Crippen LogP contribution in [-0.4, -0.2) is 53.7 Å². The monoisotopic (exact) mass is 305 g/mol. The summed E-state index contributed by atoms with van der Waals surface area (Å²) >= 11 is 0. The van der Waals surface area contributed by atoms with Gasteiger partial charge in [-0.05, 0) is 30.9 Å². The molecule has 2 fully saturated rings. The van der Waals surface area contributed by atoms with E-state index in [0.29, 0.717) is 26.1 Å². The summed E-state index contributed by atoms with van der Waals surface area (Å²) in [6.45, 7) is 2.81. The molecule has 3 rings (SSSR count). The van der Waals surface area contributed by atoms with Gasteiger partial charge in [0, 0.05) is 32.4 Å². The van der Waals surface area contributed by atoms with Crippen molar-refractivity contribution in [3.63, 3.8) is 0 Å². The fourth-order valence-electron chi connectivity index (χ4n) is 3.58. The summed E-state index contributed by atoms with van der Waals surface area (Å²) < 4.78 is 5.20. The van der Waals surface area contributed by atoms with Crippen molar-refractivity contribution in [3.8, 4) is 5.75 Å². The second-order valence-electron chi connectivity index (χ2n) is 6.26. The van der Waals surface area contributed by atoms with Crippen LogP contribution in [0.15, 0.2) is 18.5 Å². The normalized spacial score (nSPS) is 29.4. The number of aliphatic hydroxyl groups is 1. The first-order chi connectivity index (χ1) is 10.6. The first kappa shape index (κ1) is 15.2. The van der Waals surface area contributed by atoms with E-state index in [9.17, 15) is 9.90 Å². The maximum Gasteiger partial charge on any atom is 0.230 e. The molecular formula is C16H23N3O3. The summed E-state index contributed by atoms with van der Waals surface area (Å²) in [5.74, 6) is 0.736. The second kappa shape index (κ2) is 6.22. The molecule has 0 saturated carbocycles. The topological polar surface area (TPSA) is 74.7 Å². The Morgan fingerprint density at radius 1 is 1.55 bits per heavy atom. The van der Waals surface area contributed by atoms with Crippen LogP contribution in [0.3, 0.4) is 0 Å². The van der Waals surface area contributed by atoms with Crippen LogP contribution in [0, 0.1) is 5.41 Å². The third-order valence-corrected chi connectivity index (χ3v) is 4.81. The van der Waals surface area contributed by atoms with E-state index in [2.05, 4.69) is 15.2 Å². The highest BCUT2D eigenvalue weighted by molar-refractivity contribution is 5.84. The van der Waals surface area contributed by atoms with Gasteiger partial charge in [-0.1, -0.05) is 0 Å². The first-order valence-corrected chi connectivity index (χ1v) is 7.81. The second-order valence-corrected chi connectivity index (χ2v) is 6.26. The summed E-state index contributed by atoms with van der Waals surface area (Å²) in [4.78, 5) is 18.8. The molecule has 1 aromatic rings. The number of rotatable bonds is 3. The number of likely N-dealkylation sites (tertiary alicyclic amines) is 1. The van der Waals surface area contributed by atoms with Gasteiger partial charge in [0.15, 0.2) is 0 Å². The number of piperidine rings is 2. The minimum atomic E-state index is -0.650. The van der Waals surface area contributed by atoms with Crippen molar-refractivity contribution in [2.24, 2.45) is 5.41 Å². The molecule has 6 nitrogen and oxygen atoms in total. The number of methoxy groups -OCH3 is 1. The number of carbonyl (C=O) groups excluding carboxylic acids is 1. The van der Waals surface area contributed by atoms with Crippen molar-refractivity contribution in [1.82, 2.24) is 15.2 Å². The zero-order valence-corrected chi connectivity index (χ0v) is 12.9. The summed E-state index contributed by atoms with van der Waals surface area (Å²) in [6.07, 6.45) is 5.27. The standard InChI is InChI=1S/C16H23N3O3/c1-22-13-7-12(8-17-9-13)10-19-6-3-14(20)16(11-19)4-2-5-18-15(16)21/h7-9,14,20H,2-6,10-11H2,1H3,(H,18,21)/t14-,16-/m1/s1. The molecule has 1 spiro atoms. The van der Waals surface area contributed by atoms with Crippen molar-refractivity contribution in [3.05, 3.63) is 24.0 Å². The zero-order chi connectivity index (χ0) is 15.6. The third kappa shape index (κ3) is 2.80. The number of amides is 1. The fraction of sp³-hybridized carbons (Fsp3) is 0.625. The molecular weight excluding hydrogens is 282 g/mol. The maximum atomic E-state index is 12.3. The van der Waals surface area contributed by atoms with Gasteiger partial charge in [0.1, 0.15) is 5.75 Å². The highest BCUT2D eigenvalue weighted by Gasteiger charge is 2.49. The molecule has 0 aliphatic carbocycles. The van der Waals surface area contributed by atoms with Gasteiger partial charge in [-0.2, -0.15) is 0 Å². The number of aromatic nitrogens is 1. The van der Waals surface area contributed by atoms with E-state index >= 15 is 0 Å². The smallest absolute Gasteiger partial charge is 0.230 e. The van der Waals surface area contributed by atoms with E-state index < -0.39 is 11.5 Å². The Balaban J connectivity index is 1.74. The fourth-order valence-corrected chi connectivity index (χ4v) is 3.58. The molecule has 6 heteroatoms. The van der Waals surface area contributed by atoms with E-state index in [1.807, 2.05) is 12.3 Å². The van der Waals surface area contributed by atoms with E-state index in [0.717, 1.165) is 30.7 Å². The molecule has 0 aromatic carbocycles. The molecule has 0 unspecified atom stereocenters. The van der Waals surface area contributed by atoms with Gasteiger partial charge >= 0.3 is 0 Å². The quantitative estimate of drug-likeness (QED) is 0.853. The highest BCUT2D eigenvalue weighted by Crippen LogP contribution is 2.37. The van der Waals surface area contributed by atoms with E-state index in [1.54, 1.807) is 13.3 Å². The summed E-state index contributed by atoms with van der Waals surface area (Å²) in [7, 11) is 1.62. The van der Waals surface area contributed by atoms with Crippen molar-refractivity contribution in [1.29, 1.82) is 0 Å². The lowest BCUT2D eigenvalue weighted by Crippen LogP contribution is -2.61. The van der Waals surface area contributed by atoms with Crippen LogP contribution in [0.4, 0.5) is 0 Å². The summed E-state index contributed by atoms with van der Waals surface area (Å²) in [6, 6.07) is 1.96. The predicted octanol–water partition coefficient (Wildman–Crippen LogP) is 0.553. The number of ether oxygens (including phenoxy) is 1. The summed E-state index contributed by atoms with van der Waals surface area (Å²) in [5, 5.41) is 13.3. The number of pyridine rings is 1. The number of aliphatic hydroxyl groups excluding tert-OH is 1. The van der Waals surface area contributed by atoms with Crippen molar-refractivity contribution >= 4 is 5.91 Å². The molecule has 2 N–H and O–H groups in total. The van der Waals surface area contributed by atoms with E-state index in [4.69, 9.17) is 4.74 Å². The van der Waals surface area contributed by atoms with Gasteiger partial charge in [0.25, 0.3) is 0 Å². The minimum absolute atomic E-state index is 0.000262. The molecule has 3 heterocycles. The Morgan fingerprint density at radius 2 is 2.41 bits per heavy atom. The maximum absolute atomic E-state index is 12.3. The lowest BCUT2D eigenvalue weighted by atomic mass is 9.71.